The van der Waals surface area contributed by atoms with Crippen molar-refractivity contribution in [2.75, 3.05) is 20.0 Å². The Morgan fingerprint density at radius 3 is 2.48 bits per heavy atom. The average molecular weight is 361 g/mol. The molecule has 6 heteroatoms. The van der Waals surface area contributed by atoms with Crippen molar-refractivity contribution in [3.8, 4) is 0 Å². The van der Waals surface area contributed by atoms with E-state index in [2.05, 4.69) is 29.5 Å². The van der Waals surface area contributed by atoms with Crippen LogP contribution in [0.25, 0.3) is 4.85 Å². The van der Waals surface area contributed by atoms with Gasteiger partial charge in [-0.3, -0.25) is 0 Å². The first-order chi connectivity index (χ1) is 11.8. The summed E-state index contributed by atoms with van der Waals surface area (Å²) in [4.78, 5) is 18.2. The lowest BCUT2D eigenvalue weighted by atomic mass is 9.96. The Kier molecular flexibility index (Phi) is 8.74. The topological polar surface area (TPSA) is 52.2 Å². The van der Waals surface area contributed by atoms with Gasteiger partial charge in [0.25, 0.3) is 0 Å². The zero-order valence-electron chi connectivity index (χ0n) is 15.9. The van der Waals surface area contributed by atoms with Crippen molar-refractivity contribution in [3.63, 3.8) is 0 Å². The Morgan fingerprint density at radius 2 is 1.92 bits per heavy atom. The highest BCUT2D eigenvalue weighted by molar-refractivity contribution is 6.76. The zero-order chi connectivity index (χ0) is 18.9. The quantitative estimate of drug-likeness (QED) is 0.144. The minimum absolute atomic E-state index is 0.165. The van der Waals surface area contributed by atoms with E-state index >= 15 is 0 Å². The van der Waals surface area contributed by atoms with Crippen LogP contribution in [0.1, 0.15) is 30.9 Å². The van der Waals surface area contributed by atoms with Crippen molar-refractivity contribution in [2.45, 2.75) is 51.9 Å². The summed E-state index contributed by atoms with van der Waals surface area (Å²) >= 11 is 0. The van der Waals surface area contributed by atoms with Gasteiger partial charge < -0.3 is 9.47 Å². The van der Waals surface area contributed by atoms with Crippen molar-refractivity contribution in [1.29, 1.82) is 0 Å². The molecule has 25 heavy (non-hydrogen) atoms. The summed E-state index contributed by atoms with van der Waals surface area (Å²) in [6, 6.07) is 4.67. The van der Waals surface area contributed by atoms with Crippen LogP contribution in [0.2, 0.25) is 25.7 Å². The van der Waals surface area contributed by atoms with Gasteiger partial charge in [-0.05, 0) is 29.5 Å². The Morgan fingerprint density at radius 1 is 1.24 bits per heavy atom. The van der Waals surface area contributed by atoms with Gasteiger partial charge in [-0.25, -0.2) is 9.64 Å². The maximum Gasteiger partial charge on any atom is 0.240 e. The van der Waals surface area contributed by atoms with Crippen molar-refractivity contribution in [1.82, 2.24) is 0 Å². The van der Waals surface area contributed by atoms with Crippen LogP contribution in [0, 0.1) is 6.57 Å². The first-order valence-corrected chi connectivity index (χ1v) is 12.3. The molecular weight excluding hydrogens is 332 g/mol. The minimum atomic E-state index is -1.08. The minimum Gasteiger partial charge on any atom is -0.356 e. The molecule has 0 saturated heterocycles. The van der Waals surface area contributed by atoms with Crippen LogP contribution in [-0.2, 0) is 20.7 Å². The van der Waals surface area contributed by atoms with Crippen LogP contribution in [0.4, 0.5) is 11.4 Å². The second-order valence-corrected chi connectivity index (χ2v) is 13.1. The van der Waals surface area contributed by atoms with E-state index in [1.54, 1.807) is 18.2 Å². The van der Waals surface area contributed by atoms with Gasteiger partial charge in [-0.1, -0.05) is 45.6 Å². The predicted octanol–water partition coefficient (Wildman–Crippen LogP) is 5.20. The number of nitrogens with zero attached hydrogens (tertiary/aromatic N) is 2. The van der Waals surface area contributed by atoms with E-state index < -0.39 is 8.07 Å². The predicted molar refractivity (Wildman–Crippen MR) is 103 cm³/mol. The van der Waals surface area contributed by atoms with E-state index in [0.717, 1.165) is 23.8 Å². The highest BCUT2D eigenvalue weighted by Gasteiger charge is 2.14. The Balaban J connectivity index is 2.67. The smallest absolute Gasteiger partial charge is 0.240 e. The number of ether oxygens (including phenoxy) is 2. The summed E-state index contributed by atoms with van der Waals surface area (Å²) in [5, 5.41) is 0. The third-order valence-electron chi connectivity index (χ3n) is 3.79. The van der Waals surface area contributed by atoms with Crippen molar-refractivity contribution in [2.24, 2.45) is 4.99 Å². The maximum atomic E-state index is 10.8. The molecule has 0 amide bonds. The van der Waals surface area contributed by atoms with Gasteiger partial charge in [-0.15, -0.1) is 0 Å². The fourth-order valence-corrected chi connectivity index (χ4v) is 3.07. The molecule has 0 saturated carbocycles. The van der Waals surface area contributed by atoms with Gasteiger partial charge in [0.1, 0.15) is 6.79 Å². The molecule has 0 heterocycles. The van der Waals surface area contributed by atoms with E-state index in [9.17, 15) is 4.79 Å². The molecule has 0 bridgehead atoms. The highest BCUT2D eigenvalue weighted by atomic mass is 28.3. The molecule has 0 unspecified atom stereocenters. The lowest BCUT2D eigenvalue weighted by Gasteiger charge is -2.16. The Labute approximate surface area is 151 Å². The molecular formula is C19H28N2O3Si. The second-order valence-electron chi connectivity index (χ2n) is 7.51. The summed E-state index contributed by atoms with van der Waals surface area (Å²) in [6.07, 6.45) is 2.20. The van der Waals surface area contributed by atoms with E-state index in [1.807, 2.05) is 13.8 Å². The SMILES string of the molecule is [C-]#[N+]c1cc(CCOCOCC[Si](C)(C)C)c(N=C=O)c(C(C)C)c1. The summed E-state index contributed by atoms with van der Waals surface area (Å²) in [5.74, 6) is 0.165. The fourth-order valence-electron chi connectivity index (χ4n) is 2.32. The van der Waals surface area contributed by atoms with Gasteiger partial charge in [0.15, 0.2) is 5.69 Å². The molecule has 0 radical (unpaired) electrons. The third kappa shape index (κ3) is 7.76. The summed E-state index contributed by atoms with van der Waals surface area (Å²) in [5.41, 5.74) is 2.89. The van der Waals surface area contributed by atoms with Crippen LogP contribution in [-0.4, -0.2) is 34.2 Å². The molecule has 0 aliphatic carbocycles. The number of isocyanates is 1. The largest absolute Gasteiger partial charge is 0.356 e. The average Bonchev–Trinajstić information content (AvgIpc) is 2.53. The fraction of sp³-hybridized carbons (Fsp3) is 0.579. The first-order valence-electron chi connectivity index (χ1n) is 8.56. The van der Waals surface area contributed by atoms with Gasteiger partial charge in [0, 0.05) is 14.7 Å². The molecule has 0 aliphatic heterocycles. The Bertz CT molecular complexity index is 654. The van der Waals surface area contributed by atoms with E-state index in [4.69, 9.17) is 16.0 Å². The van der Waals surface area contributed by atoms with Crippen LogP contribution in [0.15, 0.2) is 17.1 Å². The van der Waals surface area contributed by atoms with E-state index in [-0.39, 0.29) is 12.7 Å². The molecule has 0 spiro atoms. The van der Waals surface area contributed by atoms with Crippen molar-refractivity contribution < 1.29 is 14.3 Å². The van der Waals surface area contributed by atoms with Crippen LogP contribution in [0.5, 0.6) is 0 Å². The van der Waals surface area contributed by atoms with Crippen molar-refractivity contribution >= 4 is 25.5 Å². The highest BCUT2D eigenvalue weighted by Crippen LogP contribution is 2.35. The molecule has 1 aromatic rings. The summed E-state index contributed by atoms with van der Waals surface area (Å²) in [6.45, 7) is 19.6. The molecule has 5 nitrogen and oxygen atoms in total. The molecule has 1 rings (SSSR count). The third-order valence-corrected chi connectivity index (χ3v) is 5.49. The molecule has 0 N–H and O–H groups in total. The first kappa shape index (κ1) is 21.3. The molecule has 0 aliphatic rings. The summed E-state index contributed by atoms with van der Waals surface area (Å²) in [7, 11) is -1.08. The normalized spacial score (nSPS) is 11.2. The van der Waals surface area contributed by atoms with Gasteiger partial charge in [0.05, 0.1) is 18.9 Å². The van der Waals surface area contributed by atoms with Crippen LogP contribution >= 0.6 is 0 Å². The van der Waals surface area contributed by atoms with E-state index in [0.29, 0.717) is 24.4 Å². The lowest BCUT2D eigenvalue weighted by Crippen LogP contribution is -2.22. The van der Waals surface area contributed by atoms with Gasteiger partial charge in [0.2, 0.25) is 6.08 Å². The van der Waals surface area contributed by atoms with Gasteiger partial charge >= 0.3 is 0 Å². The number of hydrogen-bond donors (Lipinski definition) is 0. The maximum absolute atomic E-state index is 10.8. The van der Waals surface area contributed by atoms with Gasteiger partial charge in [-0.2, -0.15) is 4.99 Å². The summed E-state index contributed by atoms with van der Waals surface area (Å²) < 4.78 is 11.0. The van der Waals surface area contributed by atoms with Crippen LogP contribution in [0.3, 0.4) is 0 Å². The number of carbonyl (C=O) groups excluding carboxylic acids is 1. The number of benzene rings is 1. The van der Waals surface area contributed by atoms with E-state index in [1.165, 1.54) is 0 Å². The second kappa shape index (κ2) is 10.3. The number of rotatable bonds is 10. The Hall–Kier alpha value is -1.77. The molecule has 136 valence electrons. The standard InChI is InChI=1S/C19H28N2O3Si/c1-15(2)18-12-17(20-3)11-16(19(18)21-13-22)7-8-23-14-24-9-10-25(4,5)6/h11-12,15H,7-10,14H2,1-2,4-6H3. The van der Waals surface area contributed by atoms with Crippen molar-refractivity contribution in [3.05, 3.63) is 34.7 Å². The van der Waals surface area contributed by atoms with Crippen LogP contribution < -0.4 is 0 Å². The number of hydrogen-bond acceptors (Lipinski definition) is 4. The molecule has 0 fully saturated rings. The molecule has 0 atom stereocenters. The monoisotopic (exact) mass is 360 g/mol. The zero-order valence-corrected chi connectivity index (χ0v) is 16.9. The number of aliphatic imine (C=N–C) groups is 1. The lowest BCUT2D eigenvalue weighted by molar-refractivity contribution is -0.0483. The molecule has 0 aromatic heterocycles. The molecule has 1 aromatic carbocycles.